The number of carboxylic acid groups (broad SMARTS) is 1. The molecule has 0 radical (unpaired) electrons. The van der Waals surface area contributed by atoms with Crippen molar-refractivity contribution in [3.63, 3.8) is 0 Å². The van der Waals surface area contributed by atoms with E-state index in [1.165, 1.54) is 18.2 Å². The molecule has 1 amide bonds. The summed E-state index contributed by atoms with van der Waals surface area (Å²) in [7, 11) is 0. The third-order valence-electron chi connectivity index (χ3n) is 4.19. The molecule has 2 aromatic carbocycles. The van der Waals surface area contributed by atoms with E-state index in [0.717, 1.165) is 28.4 Å². The highest BCUT2D eigenvalue weighted by atomic mass is 32.1. The van der Waals surface area contributed by atoms with E-state index >= 15 is 0 Å². The van der Waals surface area contributed by atoms with E-state index in [2.05, 4.69) is 4.98 Å². The molecule has 1 atom stereocenters. The lowest BCUT2D eigenvalue weighted by Crippen LogP contribution is -2.46. The zero-order chi connectivity index (χ0) is 20.0. The molecule has 6 nitrogen and oxygen atoms in total. The molecule has 1 aromatic heterocycles. The average Bonchev–Trinajstić information content (AvgIpc) is 3.06. The maximum absolute atomic E-state index is 14.2. The third-order valence-corrected chi connectivity index (χ3v) is 5.19. The number of ether oxygens (including phenoxy) is 1. The normalized spacial score (nSPS) is 16.2. The van der Waals surface area contributed by atoms with Crippen LogP contribution in [0.25, 0.3) is 10.2 Å². The Morgan fingerprint density at radius 1 is 1.21 bits per heavy atom. The number of aromatic nitrogens is 1. The molecule has 0 aliphatic carbocycles. The van der Waals surface area contributed by atoms with Gasteiger partial charge < -0.3 is 9.84 Å². The highest BCUT2D eigenvalue weighted by Crippen LogP contribution is 2.38. The Kier molecular flexibility index (Phi) is 4.42. The second-order valence-electron chi connectivity index (χ2n) is 6.03. The minimum Gasteiger partial charge on any atom is -0.481 e. The number of hydrogen-bond donors (Lipinski definition) is 1. The van der Waals surface area contributed by atoms with Crippen molar-refractivity contribution in [2.24, 2.45) is 0 Å². The van der Waals surface area contributed by atoms with Crippen molar-refractivity contribution in [3.8, 4) is 5.75 Å². The first-order valence-corrected chi connectivity index (χ1v) is 8.88. The Labute approximate surface area is 159 Å². The van der Waals surface area contributed by atoms with Crippen LogP contribution >= 0.6 is 11.3 Å². The van der Waals surface area contributed by atoms with Crippen LogP contribution in [-0.4, -0.2) is 28.1 Å². The van der Waals surface area contributed by atoms with Gasteiger partial charge in [-0.1, -0.05) is 6.07 Å². The summed E-state index contributed by atoms with van der Waals surface area (Å²) in [5, 5.41) is 9.27. The van der Waals surface area contributed by atoms with Gasteiger partial charge in [0, 0.05) is 0 Å². The van der Waals surface area contributed by atoms with E-state index in [4.69, 9.17) is 9.84 Å². The molecule has 0 bridgehead atoms. The van der Waals surface area contributed by atoms with Crippen LogP contribution in [0.5, 0.6) is 5.75 Å². The number of carboxylic acids is 1. The molecule has 1 aliphatic rings. The van der Waals surface area contributed by atoms with Crippen molar-refractivity contribution in [2.45, 2.75) is 19.1 Å². The van der Waals surface area contributed by atoms with Crippen molar-refractivity contribution in [1.82, 2.24) is 4.98 Å². The molecule has 0 saturated carbocycles. The van der Waals surface area contributed by atoms with Crippen molar-refractivity contribution in [2.75, 3.05) is 4.90 Å². The fourth-order valence-electron chi connectivity index (χ4n) is 2.95. The lowest BCUT2D eigenvalue weighted by Gasteiger charge is -2.33. The van der Waals surface area contributed by atoms with Gasteiger partial charge in [0.2, 0.25) is 0 Å². The Balaban J connectivity index is 1.75. The fourth-order valence-corrected chi connectivity index (χ4v) is 3.90. The number of thiazole rings is 1. The van der Waals surface area contributed by atoms with Crippen LogP contribution in [0.3, 0.4) is 0 Å². The monoisotopic (exact) mass is 408 g/mol. The number of para-hydroxylation sites is 1. The molecule has 144 valence electrons. The Morgan fingerprint density at radius 3 is 2.75 bits per heavy atom. The van der Waals surface area contributed by atoms with E-state index in [1.54, 1.807) is 0 Å². The maximum atomic E-state index is 14.2. The molecule has 2 heterocycles. The third kappa shape index (κ3) is 3.05. The summed E-state index contributed by atoms with van der Waals surface area (Å²) < 4.78 is 47.2. The number of amides is 1. The minimum absolute atomic E-state index is 0.109. The summed E-state index contributed by atoms with van der Waals surface area (Å²) in [6, 6.07) is 6.30. The van der Waals surface area contributed by atoms with Crippen molar-refractivity contribution >= 4 is 39.1 Å². The van der Waals surface area contributed by atoms with Gasteiger partial charge >= 0.3 is 5.97 Å². The second kappa shape index (κ2) is 6.79. The first-order chi connectivity index (χ1) is 13.3. The van der Waals surface area contributed by atoms with E-state index in [0.29, 0.717) is 4.70 Å². The van der Waals surface area contributed by atoms with Crippen LogP contribution in [0.1, 0.15) is 11.4 Å². The molecule has 1 unspecified atom stereocenters. The van der Waals surface area contributed by atoms with Gasteiger partial charge in [0.15, 0.2) is 29.3 Å². The second-order valence-corrected chi connectivity index (χ2v) is 7.15. The Morgan fingerprint density at radius 2 is 2.00 bits per heavy atom. The number of fused-ring (bicyclic) bond motifs is 2. The Hall–Kier alpha value is -3.14. The number of aliphatic carboxylic acids is 1. The molecule has 1 aliphatic heterocycles. The summed E-state index contributed by atoms with van der Waals surface area (Å²) in [4.78, 5) is 28.9. The molecule has 4 rings (SSSR count). The molecule has 0 saturated heterocycles. The minimum atomic E-state index is -1.41. The molecule has 0 spiro atoms. The van der Waals surface area contributed by atoms with Crippen molar-refractivity contribution in [1.29, 1.82) is 0 Å². The van der Waals surface area contributed by atoms with Crippen LogP contribution in [0.2, 0.25) is 0 Å². The van der Waals surface area contributed by atoms with Gasteiger partial charge in [-0.3, -0.25) is 14.5 Å². The number of benzene rings is 2. The van der Waals surface area contributed by atoms with Gasteiger partial charge in [-0.2, -0.15) is 0 Å². The van der Waals surface area contributed by atoms with Gasteiger partial charge in [0.05, 0.1) is 23.4 Å². The van der Waals surface area contributed by atoms with Crippen LogP contribution in [0, 0.1) is 17.5 Å². The largest absolute Gasteiger partial charge is 0.481 e. The predicted octanol–water partition coefficient (Wildman–Crippen LogP) is 3.48. The first kappa shape index (κ1) is 18.2. The summed E-state index contributed by atoms with van der Waals surface area (Å²) in [5.74, 6) is -5.10. The summed E-state index contributed by atoms with van der Waals surface area (Å²) in [6.45, 7) is -0.171. The lowest BCUT2D eigenvalue weighted by atomic mass is 10.1. The number of halogens is 3. The lowest BCUT2D eigenvalue weighted by molar-refractivity contribution is -0.142. The predicted molar refractivity (Wildman–Crippen MR) is 93.8 cm³/mol. The van der Waals surface area contributed by atoms with E-state index < -0.39 is 41.9 Å². The molecule has 0 fully saturated rings. The first-order valence-electron chi connectivity index (χ1n) is 8.07. The van der Waals surface area contributed by atoms with Gasteiger partial charge in [0.25, 0.3) is 5.91 Å². The number of nitrogens with zero attached hydrogens (tertiary/aromatic N) is 2. The summed E-state index contributed by atoms with van der Waals surface area (Å²) in [6.07, 6.45) is -2.06. The molecule has 1 N–H and O–H groups in total. The number of carbonyl (C=O) groups is 2. The molecular weight excluding hydrogens is 397 g/mol. The van der Waals surface area contributed by atoms with Gasteiger partial charge in [-0.15, -0.1) is 11.3 Å². The van der Waals surface area contributed by atoms with E-state index in [9.17, 15) is 22.8 Å². The Bertz CT molecular complexity index is 1120. The van der Waals surface area contributed by atoms with E-state index in [1.807, 2.05) is 0 Å². The maximum Gasteiger partial charge on any atom is 0.307 e. The van der Waals surface area contributed by atoms with Crippen molar-refractivity contribution in [3.05, 3.63) is 52.8 Å². The molecular formula is C18H11F3N2O4S. The summed E-state index contributed by atoms with van der Waals surface area (Å²) >= 11 is 1.05. The standard InChI is InChI=1S/C18H11F3N2O4S/c19-8-4-5-12-16(15(8)21)22-13(28-12)7-23-10-3-1-2-9(20)17(10)27-11(18(23)26)6-14(24)25/h1-5,11H,6-7H2,(H,24,25). The zero-order valence-corrected chi connectivity index (χ0v) is 14.8. The van der Waals surface area contributed by atoms with Gasteiger partial charge in [-0.05, 0) is 24.3 Å². The van der Waals surface area contributed by atoms with Crippen LogP contribution in [0.4, 0.5) is 18.9 Å². The topological polar surface area (TPSA) is 79.7 Å². The van der Waals surface area contributed by atoms with Crippen LogP contribution in [0.15, 0.2) is 30.3 Å². The fraction of sp³-hybridized carbons (Fsp3) is 0.167. The number of anilines is 1. The van der Waals surface area contributed by atoms with Gasteiger partial charge in [-0.25, -0.2) is 18.2 Å². The average molecular weight is 408 g/mol. The number of rotatable bonds is 4. The zero-order valence-electron chi connectivity index (χ0n) is 14.0. The van der Waals surface area contributed by atoms with Crippen LogP contribution in [-0.2, 0) is 16.1 Å². The molecule has 10 heteroatoms. The highest BCUT2D eigenvalue weighted by Gasteiger charge is 2.37. The van der Waals surface area contributed by atoms with E-state index in [-0.39, 0.29) is 28.5 Å². The molecule has 3 aromatic rings. The summed E-state index contributed by atoms with van der Waals surface area (Å²) in [5.41, 5.74) is -0.0557. The quantitative estimate of drug-likeness (QED) is 0.715. The van der Waals surface area contributed by atoms with Crippen molar-refractivity contribution < 1.29 is 32.6 Å². The number of carbonyl (C=O) groups excluding carboxylic acids is 1. The SMILES string of the molecule is O=C(O)CC1Oc2c(F)cccc2N(Cc2nc3c(F)c(F)ccc3s2)C1=O. The smallest absolute Gasteiger partial charge is 0.307 e. The highest BCUT2D eigenvalue weighted by molar-refractivity contribution is 7.18. The molecule has 28 heavy (non-hydrogen) atoms. The van der Waals surface area contributed by atoms with Gasteiger partial charge in [0.1, 0.15) is 10.5 Å². The number of hydrogen-bond acceptors (Lipinski definition) is 5. The van der Waals surface area contributed by atoms with Crippen LogP contribution < -0.4 is 9.64 Å².